The smallest absolute Gasteiger partial charge is 0.0220 e. The number of rotatable bonds is 2. The quantitative estimate of drug-likeness (QED) is 0.646. The van der Waals surface area contributed by atoms with Crippen LogP contribution in [-0.2, 0) is 0 Å². The predicted octanol–water partition coefficient (Wildman–Crippen LogP) is 2.16. The van der Waals surface area contributed by atoms with Gasteiger partial charge in [0.05, 0.1) is 0 Å². The van der Waals surface area contributed by atoms with E-state index in [1.54, 1.807) is 0 Å². The standard InChI is InChI=1S/C10H19N/c1-7(2)6-10(11)8-4-3-5-9(8)10/h7-9H,3-6,11H2,1-2H3. The lowest BCUT2D eigenvalue weighted by Crippen LogP contribution is -2.30. The van der Waals surface area contributed by atoms with Gasteiger partial charge in [0.2, 0.25) is 0 Å². The largest absolute Gasteiger partial charge is 0.325 e. The molecule has 0 bridgehead atoms. The maximum absolute atomic E-state index is 6.30. The first-order chi connectivity index (χ1) is 5.14. The fourth-order valence-electron chi connectivity index (χ4n) is 3.14. The summed E-state index contributed by atoms with van der Waals surface area (Å²) in [5, 5.41) is 0. The Hall–Kier alpha value is -0.0400. The third-order valence-corrected chi connectivity index (χ3v) is 3.55. The van der Waals surface area contributed by atoms with E-state index in [-0.39, 0.29) is 5.54 Å². The van der Waals surface area contributed by atoms with Crippen LogP contribution in [0.4, 0.5) is 0 Å². The molecule has 2 aliphatic rings. The van der Waals surface area contributed by atoms with Gasteiger partial charge in [0.15, 0.2) is 0 Å². The molecule has 64 valence electrons. The van der Waals surface area contributed by atoms with Gasteiger partial charge in [-0.3, -0.25) is 0 Å². The molecule has 2 N–H and O–H groups in total. The van der Waals surface area contributed by atoms with Crippen LogP contribution >= 0.6 is 0 Å². The maximum Gasteiger partial charge on any atom is 0.0220 e. The van der Waals surface area contributed by atoms with Crippen molar-refractivity contribution in [3.63, 3.8) is 0 Å². The molecule has 2 atom stereocenters. The Kier molecular flexibility index (Phi) is 1.54. The van der Waals surface area contributed by atoms with Crippen molar-refractivity contribution >= 4 is 0 Å². The van der Waals surface area contributed by atoms with Crippen molar-refractivity contribution < 1.29 is 0 Å². The average molecular weight is 153 g/mol. The number of hydrogen-bond acceptors (Lipinski definition) is 1. The molecular formula is C10H19N. The van der Waals surface area contributed by atoms with Crippen molar-refractivity contribution in [3.05, 3.63) is 0 Å². The van der Waals surface area contributed by atoms with E-state index in [0.717, 1.165) is 17.8 Å². The third-order valence-electron chi connectivity index (χ3n) is 3.55. The minimum absolute atomic E-state index is 0.284. The van der Waals surface area contributed by atoms with E-state index in [1.807, 2.05) is 0 Å². The van der Waals surface area contributed by atoms with Crippen LogP contribution in [0.3, 0.4) is 0 Å². The van der Waals surface area contributed by atoms with E-state index in [2.05, 4.69) is 13.8 Å². The lowest BCUT2D eigenvalue weighted by atomic mass is 9.95. The summed E-state index contributed by atoms with van der Waals surface area (Å²) < 4.78 is 0. The fourth-order valence-corrected chi connectivity index (χ4v) is 3.14. The van der Waals surface area contributed by atoms with Gasteiger partial charge in [-0.25, -0.2) is 0 Å². The minimum Gasteiger partial charge on any atom is -0.325 e. The zero-order valence-corrected chi connectivity index (χ0v) is 7.64. The van der Waals surface area contributed by atoms with Gasteiger partial charge in [-0.1, -0.05) is 20.3 Å². The lowest BCUT2D eigenvalue weighted by Gasteiger charge is -2.17. The molecule has 11 heavy (non-hydrogen) atoms. The van der Waals surface area contributed by atoms with Gasteiger partial charge in [0.1, 0.15) is 0 Å². The first kappa shape index (κ1) is 7.60. The van der Waals surface area contributed by atoms with Crippen LogP contribution in [0.5, 0.6) is 0 Å². The highest BCUT2D eigenvalue weighted by molar-refractivity contribution is 5.18. The van der Waals surface area contributed by atoms with Gasteiger partial charge in [0.25, 0.3) is 0 Å². The topological polar surface area (TPSA) is 26.0 Å². The zero-order chi connectivity index (χ0) is 8.06. The molecule has 2 rings (SSSR count). The molecule has 2 fully saturated rings. The molecule has 0 spiro atoms. The van der Waals surface area contributed by atoms with Crippen LogP contribution in [0.1, 0.15) is 39.5 Å². The van der Waals surface area contributed by atoms with Crippen molar-refractivity contribution in [2.75, 3.05) is 0 Å². The molecule has 0 amide bonds. The number of fused-ring (bicyclic) bond motifs is 1. The Bertz CT molecular complexity index is 152. The van der Waals surface area contributed by atoms with Crippen LogP contribution in [0, 0.1) is 17.8 Å². The van der Waals surface area contributed by atoms with Crippen molar-refractivity contribution in [2.24, 2.45) is 23.5 Å². The van der Waals surface area contributed by atoms with E-state index in [4.69, 9.17) is 5.73 Å². The SMILES string of the molecule is CC(C)CC1(N)C2CCCC21. The molecule has 0 aromatic rings. The first-order valence-electron chi connectivity index (χ1n) is 4.93. The zero-order valence-electron chi connectivity index (χ0n) is 7.64. The van der Waals surface area contributed by atoms with Crippen molar-refractivity contribution in [2.45, 2.75) is 45.1 Å². The van der Waals surface area contributed by atoms with Crippen molar-refractivity contribution in [1.29, 1.82) is 0 Å². The molecule has 2 saturated carbocycles. The Morgan fingerprint density at radius 2 is 1.91 bits per heavy atom. The highest BCUT2D eigenvalue weighted by Crippen LogP contribution is 2.61. The van der Waals surface area contributed by atoms with Crippen molar-refractivity contribution in [3.8, 4) is 0 Å². The predicted molar refractivity (Wildman–Crippen MR) is 47.2 cm³/mol. The summed E-state index contributed by atoms with van der Waals surface area (Å²) in [5.41, 5.74) is 6.58. The lowest BCUT2D eigenvalue weighted by molar-refractivity contribution is 0.407. The summed E-state index contributed by atoms with van der Waals surface area (Å²) in [7, 11) is 0. The van der Waals surface area contributed by atoms with Gasteiger partial charge in [-0.15, -0.1) is 0 Å². The molecule has 1 heteroatoms. The van der Waals surface area contributed by atoms with Crippen LogP contribution in [0.2, 0.25) is 0 Å². The van der Waals surface area contributed by atoms with Crippen LogP contribution in [0.25, 0.3) is 0 Å². The Morgan fingerprint density at radius 3 is 2.36 bits per heavy atom. The Balaban J connectivity index is 1.94. The van der Waals surface area contributed by atoms with Gasteiger partial charge >= 0.3 is 0 Å². The van der Waals surface area contributed by atoms with Crippen LogP contribution in [-0.4, -0.2) is 5.54 Å². The van der Waals surface area contributed by atoms with E-state index < -0.39 is 0 Å². The number of hydrogen-bond donors (Lipinski definition) is 1. The van der Waals surface area contributed by atoms with E-state index in [0.29, 0.717) is 0 Å². The molecule has 2 aliphatic carbocycles. The highest BCUT2D eigenvalue weighted by Gasteiger charge is 2.62. The molecular weight excluding hydrogens is 134 g/mol. The highest BCUT2D eigenvalue weighted by atomic mass is 14.9. The molecule has 0 aliphatic heterocycles. The van der Waals surface area contributed by atoms with E-state index >= 15 is 0 Å². The summed E-state index contributed by atoms with van der Waals surface area (Å²) in [4.78, 5) is 0. The molecule has 0 aromatic heterocycles. The summed E-state index contributed by atoms with van der Waals surface area (Å²) in [5.74, 6) is 2.60. The van der Waals surface area contributed by atoms with Gasteiger partial charge < -0.3 is 5.73 Å². The number of nitrogens with two attached hydrogens (primary N) is 1. The summed E-state index contributed by atoms with van der Waals surface area (Å²) in [6.07, 6.45) is 5.51. The van der Waals surface area contributed by atoms with E-state index in [9.17, 15) is 0 Å². The minimum atomic E-state index is 0.284. The molecule has 0 saturated heterocycles. The first-order valence-corrected chi connectivity index (χ1v) is 4.93. The molecule has 1 nitrogen and oxygen atoms in total. The van der Waals surface area contributed by atoms with Crippen LogP contribution < -0.4 is 5.73 Å². The Morgan fingerprint density at radius 1 is 1.36 bits per heavy atom. The van der Waals surface area contributed by atoms with Gasteiger partial charge in [-0.2, -0.15) is 0 Å². The second-order valence-electron chi connectivity index (χ2n) is 4.85. The monoisotopic (exact) mass is 153 g/mol. The summed E-state index contributed by atoms with van der Waals surface area (Å²) in [6, 6.07) is 0. The average Bonchev–Trinajstić information content (AvgIpc) is 2.33. The normalized spacial score (nSPS) is 48.0. The van der Waals surface area contributed by atoms with Crippen LogP contribution in [0.15, 0.2) is 0 Å². The summed E-state index contributed by atoms with van der Waals surface area (Å²) >= 11 is 0. The van der Waals surface area contributed by atoms with E-state index in [1.165, 1.54) is 25.7 Å². The molecule has 0 aromatic carbocycles. The fraction of sp³-hybridized carbons (Fsp3) is 1.00. The molecule has 0 radical (unpaired) electrons. The third kappa shape index (κ3) is 1.01. The van der Waals surface area contributed by atoms with Gasteiger partial charge in [0, 0.05) is 5.54 Å². The van der Waals surface area contributed by atoms with Crippen molar-refractivity contribution in [1.82, 2.24) is 0 Å². The second-order valence-corrected chi connectivity index (χ2v) is 4.85. The Labute approximate surface area is 69.4 Å². The van der Waals surface area contributed by atoms with Gasteiger partial charge in [-0.05, 0) is 37.0 Å². The molecule has 2 unspecified atom stereocenters. The molecule has 0 heterocycles. The summed E-state index contributed by atoms with van der Waals surface area (Å²) in [6.45, 7) is 4.56. The maximum atomic E-state index is 6.30. The second kappa shape index (κ2) is 2.22.